The summed E-state index contributed by atoms with van der Waals surface area (Å²) >= 11 is 0. The lowest BCUT2D eigenvalue weighted by Gasteiger charge is -2.12. The minimum atomic E-state index is 0.282. The molecule has 1 heterocycles. The number of nitrogens with zero attached hydrogens (tertiary/aromatic N) is 3. The fourth-order valence-corrected chi connectivity index (χ4v) is 2.88. The Morgan fingerprint density at radius 2 is 1.90 bits per heavy atom. The van der Waals surface area contributed by atoms with E-state index in [1.807, 2.05) is 25.1 Å². The second kappa shape index (κ2) is 5.68. The lowest BCUT2D eigenvalue weighted by molar-refractivity contribution is 0.415. The highest BCUT2D eigenvalue weighted by atomic mass is 16.5. The van der Waals surface area contributed by atoms with E-state index in [-0.39, 0.29) is 5.95 Å². The third-order valence-electron chi connectivity index (χ3n) is 3.99. The average Bonchev–Trinajstić information content (AvgIpc) is 3.00. The molecule has 2 aromatic rings. The fourth-order valence-electron chi connectivity index (χ4n) is 2.88. The van der Waals surface area contributed by atoms with Gasteiger partial charge in [0.1, 0.15) is 11.6 Å². The van der Waals surface area contributed by atoms with Crippen molar-refractivity contribution in [1.29, 1.82) is 0 Å². The molecule has 1 aliphatic rings. The lowest BCUT2D eigenvalue weighted by atomic mass is 10.1. The highest BCUT2D eigenvalue weighted by Gasteiger charge is 2.22. The zero-order chi connectivity index (χ0) is 14.8. The van der Waals surface area contributed by atoms with Crippen LogP contribution in [0.4, 0.5) is 5.95 Å². The van der Waals surface area contributed by atoms with E-state index >= 15 is 0 Å². The fraction of sp³-hybridized carbons (Fsp3) is 0.438. The van der Waals surface area contributed by atoms with Crippen LogP contribution in [0.1, 0.15) is 43.0 Å². The minimum Gasteiger partial charge on any atom is -0.496 e. The summed E-state index contributed by atoms with van der Waals surface area (Å²) in [6.45, 7) is 2.03. The van der Waals surface area contributed by atoms with Gasteiger partial charge in [-0.25, -0.2) is 4.98 Å². The SMILES string of the molecule is COc1cc(C)ccc1-c1nc(N)nc(C2CCCC2)n1. The standard InChI is InChI=1S/C16H20N4O/c1-10-7-8-12(13(9-10)21-2)15-18-14(19-16(17)20-15)11-5-3-4-6-11/h7-9,11H,3-6H2,1-2H3,(H2,17,18,19,20). The summed E-state index contributed by atoms with van der Waals surface area (Å²) in [6, 6.07) is 5.97. The first kappa shape index (κ1) is 13.8. The first-order valence-corrected chi connectivity index (χ1v) is 7.34. The molecule has 5 heteroatoms. The van der Waals surface area contributed by atoms with Crippen LogP contribution in [-0.2, 0) is 0 Å². The van der Waals surface area contributed by atoms with Crippen molar-refractivity contribution in [1.82, 2.24) is 15.0 Å². The van der Waals surface area contributed by atoms with Crippen LogP contribution in [0.3, 0.4) is 0 Å². The molecular formula is C16H20N4O. The molecule has 1 aromatic heterocycles. The summed E-state index contributed by atoms with van der Waals surface area (Å²) in [4.78, 5) is 13.3. The number of hydrogen-bond donors (Lipinski definition) is 1. The molecule has 0 atom stereocenters. The van der Waals surface area contributed by atoms with Gasteiger partial charge >= 0.3 is 0 Å². The predicted octanol–water partition coefficient (Wildman–Crippen LogP) is 3.10. The smallest absolute Gasteiger partial charge is 0.223 e. The molecular weight excluding hydrogens is 264 g/mol. The molecule has 1 saturated carbocycles. The molecule has 0 aliphatic heterocycles. The lowest BCUT2D eigenvalue weighted by Crippen LogP contribution is -2.08. The Labute approximate surface area is 124 Å². The summed E-state index contributed by atoms with van der Waals surface area (Å²) in [5, 5.41) is 0. The number of nitrogen functional groups attached to an aromatic ring is 1. The van der Waals surface area contributed by atoms with Crippen molar-refractivity contribution in [3.05, 3.63) is 29.6 Å². The normalized spacial score (nSPS) is 15.3. The highest BCUT2D eigenvalue weighted by Crippen LogP contribution is 2.34. The maximum absolute atomic E-state index is 5.88. The van der Waals surface area contributed by atoms with Gasteiger partial charge in [0, 0.05) is 5.92 Å². The van der Waals surface area contributed by atoms with E-state index in [2.05, 4.69) is 15.0 Å². The van der Waals surface area contributed by atoms with Gasteiger partial charge in [0.05, 0.1) is 12.7 Å². The van der Waals surface area contributed by atoms with Crippen LogP contribution in [-0.4, -0.2) is 22.1 Å². The second-order valence-electron chi connectivity index (χ2n) is 5.56. The first-order valence-electron chi connectivity index (χ1n) is 7.34. The van der Waals surface area contributed by atoms with Crippen molar-refractivity contribution in [3.8, 4) is 17.1 Å². The van der Waals surface area contributed by atoms with Crippen molar-refractivity contribution in [2.45, 2.75) is 38.5 Å². The minimum absolute atomic E-state index is 0.282. The van der Waals surface area contributed by atoms with E-state index in [0.717, 1.165) is 35.5 Å². The monoisotopic (exact) mass is 284 g/mol. The van der Waals surface area contributed by atoms with E-state index < -0.39 is 0 Å². The van der Waals surface area contributed by atoms with Crippen molar-refractivity contribution in [2.24, 2.45) is 0 Å². The number of anilines is 1. The van der Waals surface area contributed by atoms with Crippen LogP contribution in [0.2, 0.25) is 0 Å². The molecule has 0 saturated heterocycles. The predicted molar refractivity (Wildman–Crippen MR) is 82.2 cm³/mol. The average molecular weight is 284 g/mol. The summed E-state index contributed by atoms with van der Waals surface area (Å²) in [7, 11) is 1.65. The summed E-state index contributed by atoms with van der Waals surface area (Å²) in [6.07, 6.45) is 4.74. The van der Waals surface area contributed by atoms with Gasteiger partial charge < -0.3 is 10.5 Å². The molecule has 3 rings (SSSR count). The van der Waals surface area contributed by atoms with Crippen molar-refractivity contribution in [2.75, 3.05) is 12.8 Å². The van der Waals surface area contributed by atoms with Gasteiger partial charge in [-0.2, -0.15) is 9.97 Å². The van der Waals surface area contributed by atoms with Gasteiger partial charge in [-0.1, -0.05) is 18.9 Å². The molecule has 1 fully saturated rings. The number of aryl methyl sites for hydroxylation is 1. The quantitative estimate of drug-likeness (QED) is 0.937. The Kier molecular flexibility index (Phi) is 3.73. The van der Waals surface area contributed by atoms with E-state index in [4.69, 9.17) is 10.5 Å². The zero-order valence-electron chi connectivity index (χ0n) is 12.5. The van der Waals surface area contributed by atoms with E-state index in [1.54, 1.807) is 7.11 Å². The van der Waals surface area contributed by atoms with Gasteiger partial charge in [-0.15, -0.1) is 0 Å². The van der Waals surface area contributed by atoms with Crippen LogP contribution in [0.25, 0.3) is 11.4 Å². The van der Waals surface area contributed by atoms with Crippen LogP contribution >= 0.6 is 0 Å². The number of nitrogens with two attached hydrogens (primary N) is 1. The number of ether oxygens (including phenoxy) is 1. The van der Waals surface area contributed by atoms with Crippen LogP contribution < -0.4 is 10.5 Å². The van der Waals surface area contributed by atoms with Crippen molar-refractivity contribution < 1.29 is 4.74 Å². The maximum atomic E-state index is 5.88. The van der Waals surface area contributed by atoms with Crippen LogP contribution in [0.15, 0.2) is 18.2 Å². The molecule has 0 spiro atoms. The molecule has 0 unspecified atom stereocenters. The Morgan fingerprint density at radius 3 is 2.62 bits per heavy atom. The Bertz CT molecular complexity index is 651. The Balaban J connectivity index is 2.05. The van der Waals surface area contributed by atoms with E-state index in [0.29, 0.717) is 11.7 Å². The molecule has 110 valence electrons. The molecule has 1 aromatic carbocycles. The zero-order valence-corrected chi connectivity index (χ0v) is 12.5. The Hall–Kier alpha value is -2.17. The summed E-state index contributed by atoms with van der Waals surface area (Å²) in [5.74, 6) is 2.87. The number of hydrogen-bond acceptors (Lipinski definition) is 5. The molecule has 0 amide bonds. The van der Waals surface area contributed by atoms with Gasteiger partial charge in [0.2, 0.25) is 5.95 Å². The highest BCUT2D eigenvalue weighted by molar-refractivity contribution is 5.65. The van der Waals surface area contributed by atoms with Gasteiger partial charge in [-0.3, -0.25) is 0 Å². The third-order valence-corrected chi connectivity index (χ3v) is 3.99. The van der Waals surface area contributed by atoms with Gasteiger partial charge in [0.25, 0.3) is 0 Å². The number of aromatic nitrogens is 3. The third kappa shape index (κ3) is 2.82. The Morgan fingerprint density at radius 1 is 1.14 bits per heavy atom. The molecule has 1 aliphatic carbocycles. The van der Waals surface area contributed by atoms with Crippen LogP contribution in [0, 0.1) is 6.92 Å². The molecule has 0 radical (unpaired) electrons. The van der Waals surface area contributed by atoms with E-state index in [1.165, 1.54) is 12.8 Å². The van der Waals surface area contributed by atoms with E-state index in [9.17, 15) is 0 Å². The molecule has 21 heavy (non-hydrogen) atoms. The topological polar surface area (TPSA) is 73.9 Å². The van der Waals surface area contributed by atoms with Crippen LogP contribution in [0.5, 0.6) is 5.75 Å². The van der Waals surface area contributed by atoms with Gasteiger partial charge in [0.15, 0.2) is 5.82 Å². The molecule has 5 nitrogen and oxygen atoms in total. The van der Waals surface area contributed by atoms with Gasteiger partial charge in [-0.05, 0) is 37.5 Å². The second-order valence-corrected chi connectivity index (χ2v) is 5.56. The number of methoxy groups -OCH3 is 1. The largest absolute Gasteiger partial charge is 0.496 e. The first-order chi connectivity index (χ1) is 10.2. The summed E-state index contributed by atoms with van der Waals surface area (Å²) in [5.41, 5.74) is 7.87. The molecule has 0 bridgehead atoms. The maximum Gasteiger partial charge on any atom is 0.223 e. The van der Waals surface area contributed by atoms with Crippen molar-refractivity contribution in [3.63, 3.8) is 0 Å². The number of rotatable bonds is 3. The number of benzene rings is 1. The van der Waals surface area contributed by atoms with Crippen molar-refractivity contribution >= 4 is 5.95 Å². The summed E-state index contributed by atoms with van der Waals surface area (Å²) < 4.78 is 5.44. The molecule has 2 N–H and O–H groups in total.